The molecule has 152 valence electrons. The van der Waals surface area contributed by atoms with E-state index in [4.69, 9.17) is 10.2 Å². The van der Waals surface area contributed by atoms with Crippen molar-refractivity contribution in [1.82, 2.24) is 0 Å². The summed E-state index contributed by atoms with van der Waals surface area (Å²) in [6, 6.07) is 11.4. The zero-order valence-electron chi connectivity index (χ0n) is 16.9. The zero-order valence-corrected chi connectivity index (χ0v) is 17.7. The van der Waals surface area contributed by atoms with Gasteiger partial charge in [-0.25, -0.2) is 0 Å². The molecule has 0 unspecified atom stereocenters. The van der Waals surface area contributed by atoms with Crippen molar-refractivity contribution in [3.63, 3.8) is 0 Å². The molecule has 1 aromatic carbocycles. The predicted molar refractivity (Wildman–Crippen MR) is 118 cm³/mol. The lowest BCUT2D eigenvalue weighted by atomic mass is 9.97. The minimum atomic E-state index is -1.43. The van der Waals surface area contributed by atoms with Gasteiger partial charge in [-0.15, -0.1) is 11.3 Å². The van der Waals surface area contributed by atoms with E-state index in [0.29, 0.717) is 24.9 Å². The maximum atomic E-state index is 10.4. The molecule has 4 nitrogen and oxygen atoms in total. The Morgan fingerprint density at radius 2 is 1.75 bits per heavy atom. The molecule has 0 atom stereocenters. The summed E-state index contributed by atoms with van der Waals surface area (Å²) in [6.45, 7) is 6.80. The lowest BCUT2D eigenvalue weighted by Crippen LogP contribution is -2.22. The monoisotopic (exact) mass is 401 g/mol. The lowest BCUT2D eigenvalue weighted by Gasteiger charge is -2.19. The second-order valence-corrected chi connectivity index (χ2v) is 7.93. The molecule has 4 N–H and O–H groups in total. The summed E-state index contributed by atoms with van der Waals surface area (Å²) in [4.78, 5) is 1.21. The molecule has 0 saturated heterocycles. The van der Waals surface area contributed by atoms with Gasteiger partial charge in [-0.1, -0.05) is 63.3 Å². The minimum absolute atomic E-state index is 0.492. The number of aliphatic hydroxyl groups is 3. The van der Waals surface area contributed by atoms with Gasteiger partial charge >= 0.3 is 0 Å². The molecule has 1 heterocycles. The summed E-state index contributed by atoms with van der Waals surface area (Å²) >= 11 is 1.71. The van der Waals surface area contributed by atoms with Crippen LogP contribution in [0.15, 0.2) is 54.6 Å². The topological polar surface area (TPSA) is 72.7 Å². The highest BCUT2D eigenvalue weighted by Crippen LogP contribution is 2.30. The Hall–Kier alpha value is -1.92. The fourth-order valence-electron chi connectivity index (χ4n) is 2.81. The van der Waals surface area contributed by atoms with Crippen LogP contribution >= 0.6 is 11.3 Å². The first-order valence-electron chi connectivity index (χ1n) is 9.80. The molecule has 0 aliphatic rings. The molecule has 0 spiro atoms. The number of aliphatic hydroxyl groups excluding tert-OH is 1. The lowest BCUT2D eigenvalue weighted by molar-refractivity contribution is -0.0424. The van der Waals surface area contributed by atoms with Crippen molar-refractivity contribution in [2.24, 2.45) is 0 Å². The van der Waals surface area contributed by atoms with Crippen molar-refractivity contribution in [3.8, 4) is 0 Å². The van der Waals surface area contributed by atoms with Crippen LogP contribution in [-0.4, -0.2) is 20.9 Å². The Labute approximate surface area is 171 Å². The van der Waals surface area contributed by atoms with Crippen LogP contribution in [-0.2, 0) is 6.54 Å². The number of allylic oxidation sites excluding steroid dienone is 3. The Balaban J connectivity index is 2.01. The van der Waals surface area contributed by atoms with Crippen molar-refractivity contribution in [2.45, 2.75) is 58.5 Å². The van der Waals surface area contributed by atoms with E-state index in [1.807, 2.05) is 38.1 Å². The minimum Gasteiger partial charge on any atom is -0.386 e. The zero-order chi connectivity index (χ0) is 20.6. The molecule has 0 amide bonds. The summed E-state index contributed by atoms with van der Waals surface area (Å²) in [5.41, 5.74) is 2.09. The van der Waals surface area contributed by atoms with Gasteiger partial charge in [-0.3, -0.25) is 0 Å². The van der Waals surface area contributed by atoms with Crippen LogP contribution in [0.25, 0.3) is 5.57 Å². The normalized spacial score (nSPS) is 12.9. The number of benzene rings is 1. The molecule has 0 aliphatic carbocycles. The van der Waals surface area contributed by atoms with E-state index in [0.717, 1.165) is 17.0 Å². The smallest absolute Gasteiger partial charge is 0.178 e. The quantitative estimate of drug-likeness (QED) is 0.324. The number of hydrogen-bond donors (Lipinski definition) is 4. The molecule has 0 bridgehead atoms. The van der Waals surface area contributed by atoms with Crippen molar-refractivity contribution >= 4 is 21.9 Å². The van der Waals surface area contributed by atoms with Crippen LogP contribution in [0.3, 0.4) is 0 Å². The van der Waals surface area contributed by atoms with Gasteiger partial charge in [0.2, 0.25) is 0 Å². The van der Waals surface area contributed by atoms with E-state index < -0.39 is 11.9 Å². The summed E-state index contributed by atoms with van der Waals surface area (Å²) in [5, 5.41) is 33.2. The van der Waals surface area contributed by atoms with Gasteiger partial charge in [0.15, 0.2) is 6.29 Å². The highest BCUT2D eigenvalue weighted by Gasteiger charge is 2.16. The molecule has 5 heteroatoms. The van der Waals surface area contributed by atoms with Crippen LogP contribution in [0.5, 0.6) is 0 Å². The first-order valence-corrected chi connectivity index (χ1v) is 10.6. The molecule has 0 saturated carbocycles. The fourth-order valence-corrected chi connectivity index (χ4v) is 3.80. The van der Waals surface area contributed by atoms with Gasteiger partial charge in [0, 0.05) is 17.0 Å². The van der Waals surface area contributed by atoms with E-state index in [2.05, 4.69) is 30.4 Å². The first kappa shape index (κ1) is 22.4. The van der Waals surface area contributed by atoms with Crippen LogP contribution < -0.4 is 5.32 Å². The largest absolute Gasteiger partial charge is 0.386 e. The Morgan fingerprint density at radius 1 is 1.07 bits per heavy atom. The van der Waals surface area contributed by atoms with Gasteiger partial charge in [-0.2, -0.15) is 0 Å². The molecular weight excluding hydrogens is 370 g/mol. The van der Waals surface area contributed by atoms with Crippen molar-refractivity contribution in [2.75, 3.05) is 5.32 Å². The van der Waals surface area contributed by atoms with Crippen LogP contribution in [0.4, 0.5) is 5.00 Å². The van der Waals surface area contributed by atoms with E-state index in [9.17, 15) is 5.11 Å². The third kappa shape index (κ3) is 6.31. The summed E-state index contributed by atoms with van der Waals surface area (Å²) in [5.74, 6) is 0. The Morgan fingerprint density at radius 3 is 2.32 bits per heavy atom. The van der Waals surface area contributed by atoms with Gasteiger partial charge in [0.05, 0.1) is 10.6 Å². The highest BCUT2D eigenvalue weighted by molar-refractivity contribution is 7.17. The van der Waals surface area contributed by atoms with E-state index in [-0.39, 0.29) is 0 Å². The molecule has 0 aliphatic heterocycles. The average molecular weight is 402 g/mol. The van der Waals surface area contributed by atoms with Gasteiger partial charge in [0.1, 0.15) is 0 Å². The van der Waals surface area contributed by atoms with Gasteiger partial charge < -0.3 is 20.6 Å². The maximum absolute atomic E-state index is 10.4. The number of hydrogen-bond acceptors (Lipinski definition) is 5. The molecule has 28 heavy (non-hydrogen) atoms. The molecule has 0 radical (unpaired) electrons. The van der Waals surface area contributed by atoms with Gasteiger partial charge in [0.25, 0.3) is 0 Å². The maximum Gasteiger partial charge on any atom is 0.178 e. The van der Waals surface area contributed by atoms with Crippen molar-refractivity contribution in [3.05, 3.63) is 70.6 Å². The third-order valence-corrected chi connectivity index (χ3v) is 6.09. The highest BCUT2D eigenvalue weighted by atomic mass is 32.1. The first-order chi connectivity index (χ1) is 13.4. The average Bonchev–Trinajstić information content (AvgIpc) is 3.18. The van der Waals surface area contributed by atoms with Crippen LogP contribution in [0, 0.1) is 0 Å². The standard InChI is InChI=1S/C23H31NO3S/c1-4-18(8-7-15-23(27,5-2)6-3)20-13-14-21(28-20)24-16-17-9-11-19(12-10-17)22(25)26/h7-15,22,24-27H,4-6,16H2,1-3H3. The summed E-state index contributed by atoms with van der Waals surface area (Å²) < 4.78 is 0. The second-order valence-electron chi connectivity index (χ2n) is 6.85. The summed E-state index contributed by atoms with van der Waals surface area (Å²) in [7, 11) is 0. The Kier molecular flexibility index (Phi) is 8.45. The second kappa shape index (κ2) is 10.6. The predicted octanol–water partition coefficient (Wildman–Crippen LogP) is 5.24. The molecular formula is C23H31NO3S. The van der Waals surface area contributed by atoms with E-state index >= 15 is 0 Å². The SMILES string of the molecule is CCC(=CC=CC(O)(CC)CC)c1ccc(NCc2ccc(C(O)O)cc2)s1. The van der Waals surface area contributed by atoms with Crippen LogP contribution in [0.1, 0.15) is 62.3 Å². The van der Waals surface area contributed by atoms with Crippen molar-refractivity contribution < 1.29 is 15.3 Å². The number of rotatable bonds is 10. The van der Waals surface area contributed by atoms with E-state index in [1.165, 1.54) is 10.5 Å². The van der Waals surface area contributed by atoms with Crippen molar-refractivity contribution in [1.29, 1.82) is 0 Å². The van der Waals surface area contributed by atoms with Crippen LogP contribution in [0.2, 0.25) is 0 Å². The van der Waals surface area contributed by atoms with Gasteiger partial charge in [-0.05, 0) is 42.5 Å². The molecule has 2 rings (SSSR count). The number of nitrogens with one attached hydrogen (secondary N) is 1. The number of thiophene rings is 1. The fraction of sp³-hybridized carbons (Fsp3) is 0.391. The third-order valence-electron chi connectivity index (χ3n) is 4.98. The Bertz CT molecular complexity index is 786. The molecule has 0 fully saturated rings. The molecule has 2 aromatic rings. The number of anilines is 1. The van der Waals surface area contributed by atoms with E-state index in [1.54, 1.807) is 23.5 Å². The molecule has 1 aromatic heterocycles. The summed E-state index contributed by atoms with van der Waals surface area (Å²) in [6.07, 6.45) is 6.86.